The summed E-state index contributed by atoms with van der Waals surface area (Å²) in [6, 6.07) is 0. The van der Waals surface area contributed by atoms with E-state index in [2.05, 4.69) is 12.0 Å². The number of hydrogen-bond donors (Lipinski definition) is 1. The van der Waals surface area contributed by atoms with Crippen LogP contribution in [0.15, 0.2) is 0 Å². The number of nitrogens with zero attached hydrogens (tertiary/aromatic N) is 2. The van der Waals surface area contributed by atoms with Crippen molar-refractivity contribution < 1.29 is 4.79 Å². The molecule has 0 spiro atoms. The van der Waals surface area contributed by atoms with Crippen LogP contribution >= 0.6 is 11.6 Å². The van der Waals surface area contributed by atoms with Gasteiger partial charge < -0.3 is 5.73 Å². The molecule has 0 aliphatic heterocycles. The molecular formula is C13H22ClN3O. The van der Waals surface area contributed by atoms with Gasteiger partial charge in [0, 0.05) is 19.0 Å². The highest BCUT2D eigenvalue weighted by Crippen LogP contribution is 2.22. The summed E-state index contributed by atoms with van der Waals surface area (Å²) in [7, 11) is 0. The van der Waals surface area contributed by atoms with E-state index in [1.807, 2.05) is 13.8 Å². The minimum atomic E-state index is -0.0634. The first kappa shape index (κ1) is 15.2. The fourth-order valence-corrected chi connectivity index (χ4v) is 2.31. The Morgan fingerprint density at radius 1 is 1.50 bits per heavy atom. The van der Waals surface area contributed by atoms with Crippen LogP contribution in [0.3, 0.4) is 0 Å². The van der Waals surface area contributed by atoms with Crippen molar-refractivity contribution in [2.24, 2.45) is 11.7 Å². The quantitative estimate of drug-likeness (QED) is 0.828. The Morgan fingerprint density at radius 3 is 2.67 bits per heavy atom. The Hall–Kier alpha value is -0.870. The van der Waals surface area contributed by atoms with E-state index in [4.69, 9.17) is 17.3 Å². The zero-order valence-corrected chi connectivity index (χ0v) is 12.1. The molecule has 0 amide bonds. The molecule has 0 saturated carbocycles. The topological polar surface area (TPSA) is 60.9 Å². The van der Waals surface area contributed by atoms with E-state index in [0.717, 1.165) is 30.8 Å². The van der Waals surface area contributed by atoms with Crippen molar-refractivity contribution in [3.05, 3.63) is 16.4 Å². The normalized spacial score (nSPS) is 12.7. The fraction of sp³-hybridized carbons (Fsp3) is 0.692. The van der Waals surface area contributed by atoms with Gasteiger partial charge in [-0.25, -0.2) is 0 Å². The van der Waals surface area contributed by atoms with Crippen molar-refractivity contribution in [3.8, 4) is 0 Å². The standard InChI is InChI=1S/C13H22ClN3O/c1-4-6-10(8-15)12(18)7-11-13(14)9(3)16-17(11)5-2/h10H,4-8,15H2,1-3H3. The first-order valence-electron chi connectivity index (χ1n) is 6.49. The Labute approximate surface area is 113 Å². The Bertz CT molecular complexity index is 415. The molecule has 0 bridgehead atoms. The van der Waals surface area contributed by atoms with Gasteiger partial charge in [0.1, 0.15) is 5.78 Å². The Balaban J connectivity index is 2.86. The Kier molecular flexibility index (Phi) is 5.82. The maximum atomic E-state index is 12.2. The van der Waals surface area contributed by atoms with Crippen LogP contribution in [0.5, 0.6) is 0 Å². The van der Waals surface area contributed by atoms with Crippen LogP contribution in [0.25, 0.3) is 0 Å². The molecule has 1 aromatic rings. The smallest absolute Gasteiger partial charge is 0.143 e. The fourth-order valence-electron chi connectivity index (χ4n) is 2.11. The van der Waals surface area contributed by atoms with E-state index < -0.39 is 0 Å². The lowest BCUT2D eigenvalue weighted by molar-refractivity contribution is -0.122. The van der Waals surface area contributed by atoms with Crippen molar-refractivity contribution in [2.45, 2.75) is 46.6 Å². The average Bonchev–Trinajstić information content (AvgIpc) is 2.63. The molecule has 0 saturated heterocycles. The second kappa shape index (κ2) is 6.90. The summed E-state index contributed by atoms with van der Waals surface area (Å²) < 4.78 is 1.80. The van der Waals surface area contributed by atoms with Crippen LogP contribution in [0.1, 0.15) is 38.1 Å². The molecular weight excluding hydrogens is 250 g/mol. The molecule has 102 valence electrons. The number of hydrogen-bond acceptors (Lipinski definition) is 3. The summed E-state index contributed by atoms with van der Waals surface area (Å²) in [5.41, 5.74) is 7.25. The molecule has 0 radical (unpaired) electrons. The van der Waals surface area contributed by atoms with E-state index >= 15 is 0 Å². The first-order valence-corrected chi connectivity index (χ1v) is 6.87. The first-order chi connectivity index (χ1) is 8.54. The van der Waals surface area contributed by atoms with Crippen LogP contribution in [0, 0.1) is 12.8 Å². The van der Waals surface area contributed by atoms with Gasteiger partial charge in [-0.3, -0.25) is 9.48 Å². The van der Waals surface area contributed by atoms with Crippen LogP contribution in [0.4, 0.5) is 0 Å². The summed E-state index contributed by atoms with van der Waals surface area (Å²) in [6.07, 6.45) is 2.13. The van der Waals surface area contributed by atoms with E-state index in [-0.39, 0.29) is 11.7 Å². The zero-order valence-electron chi connectivity index (χ0n) is 11.4. The number of halogens is 1. The molecule has 2 N–H and O–H groups in total. The highest BCUT2D eigenvalue weighted by Gasteiger charge is 2.21. The van der Waals surface area contributed by atoms with Crippen molar-refractivity contribution in [1.82, 2.24) is 9.78 Å². The average molecular weight is 272 g/mol. The highest BCUT2D eigenvalue weighted by molar-refractivity contribution is 6.32. The minimum Gasteiger partial charge on any atom is -0.330 e. The molecule has 18 heavy (non-hydrogen) atoms. The second-order valence-electron chi connectivity index (χ2n) is 4.53. The van der Waals surface area contributed by atoms with Crippen molar-refractivity contribution >= 4 is 17.4 Å². The van der Waals surface area contributed by atoms with Crippen LogP contribution in [-0.4, -0.2) is 22.1 Å². The lowest BCUT2D eigenvalue weighted by Gasteiger charge is -2.13. The Morgan fingerprint density at radius 2 is 2.17 bits per heavy atom. The highest BCUT2D eigenvalue weighted by atomic mass is 35.5. The number of nitrogens with two attached hydrogens (primary N) is 1. The predicted molar refractivity (Wildman–Crippen MR) is 73.8 cm³/mol. The minimum absolute atomic E-state index is 0.0634. The predicted octanol–water partition coefficient (Wildman–Crippen LogP) is 2.35. The van der Waals surface area contributed by atoms with E-state index in [1.54, 1.807) is 4.68 Å². The summed E-state index contributed by atoms with van der Waals surface area (Å²) in [5.74, 6) is 0.0995. The summed E-state index contributed by atoms with van der Waals surface area (Å²) >= 11 is 6.19. The summed E-state index contributed by atoms with van der Waals surface area (Å²) in [6.45, 7) is 7.03. The number of carbonyl (C=O) groups excluding carboxylic acids is 1. The third kappa shape index (κ3) is 3.33. The van der Waals surface area contributed by atoms with E-state index in [9.17, 15) is 4.79 Å². The lowest BCUT2D eigenvalue weighted by Crippen LogP contribution is -2.26. The summed E-state index contributed by atoms with van der Waals surface area (Å²) in [4.78, 5) is 12.2. The van der Waals surface area contributed by atoms with E-state index in [0.29, 0.717) is 18.0 Å². The van der Waals surface area contributed by atoms with Gasteiger partial charge in [-0.05, 0) is 20.3 Å². The SMILES string of the molecule is CCCC(CN)C(=O)Cc1c(Cl)c(C)nn1CC. The number of ketones is 1. The second-order valence-corrected chi connectivity index (χ2v) is 4.90. The third-order valence-electron chi connectivity index (χ3n) is 3.17. The number of aryl methyl sites for hydroxylation is 2. The zero-order chi connectivity index (χ0) is 13.7. The molecule has 0 fully saturated rings. The maximum Gasteiger partial charge on any atom is 0.143 e. The third-order valence-corrected chi connectivity index (χ3v) is 3.66. The molecule has 1 unspecified atom stereocenters. The monoisotopic (exact) mass is 271 g/mol. The number of rotatable bonds is 7. The molecule has 0 aromatic carbocycles. The van der Waals surface area contributed by atoms with Crippen LogP contribution in [-0.2, 0) is 17.8 Å². The van der Waals surface area contributed by atoms with Crippen molar-refractivity contribution in [3.63, 3.8) is 0 Å². The molecule has 1 heterocycles. The maximum absolute atomic E-state index is 12.2. The van der Waals surface area contributed by atoms with Gasteiger partial charge in [-0.2, -0.15) is 5.10 Å². The van der Waals surface area contributed by atoms with Gasteiger partial charge in [-0.15, -0.1) is 0 Å². The number of aromatic nitrogens is 2. The van der Waals surface area contributed by atoms with E-state index in [1.165, 1.54) is 0 Å². The van der Waals surface area contributed by atoms with Gasteiger partial charge in [0.2, 0.25) is 0 Å². The molecule has 0 aliphatic rings. The van der Waals surface area contributed by atoms with Gasteiger partial charge in [0.05, 0.1) is 22.8 Å². The van der Waals surface area contributed by atoms with Crippen LogP contribution < -0.4 is 5.73 Å². The number of Topliss-reactive ketones (excluding diaryl/α,β-unsaturated/α-hetero) is 1. The van der Waals surface area contributed by atoms with Crippen LogP contribution in [0.2, 0.25) is 5.02 Å². The molecule has 1 rings (SSSR count). The molecule has 5 heteroatoms. The molecule has 1 aromatic heterocycles. The van der Waals surface area contributed by atoms with Gasteiger partial charge in [-0.1, -0.05) is 24.9 Å². The van der Waals surface area contributed by atoms with Gasteiger partial charge in [0.25, 0.3) is 0 Å². The molecule has 4 nitrogen and oxygen atoms in total. The summed E-state index contributed by atoms with van der Waals surface area (Å²) in [5, 5.41) is 4.92. The van der Waals surface area contributed by atoms with Gasteiger partial charge >= 0.3 is 0 Å². The van der Waals surface area contributed by atoms with Crippen molar-refractivity contribution in [2.75, 3.05) is 6.54 Å². The lowest BCUT2D eigenvalue weighted by atomic mass is 9.95. The number of carbonyl (C=O) groups is 1. The van der Waals surface area contributed by atoms with Crippen molar-refractivity contribution in [1.29, 1.82) is 0 Å². The molecule has 1 atom stereocenters. The van der Waals surface area contributed by atoms with Gasteiger partial charge in [0.15, 0.2) is 0 Å². The molecule has 0 aliphatic carbocycles. The largest absolute Gasteiger partial charge is 0.330 e.